The van der Waals surface area contributed by atoms with E-state index in [1.54, 1.807) is 0 Å². The van der Waals surface area contributed by atoms with Gasteiger partial charge < -0.3 is 9.88 Å². The fourth-order valence-electron chi connectivity index (χ4n) is 4.46. The maximum Gasteiger partial charge on any atom is 0.0471 e. The molecule has 1 N–H and O–H groups in total. The quantitative estimate of drug-likeness (QED) is 0.267. The second kappa shape index (κ2) is 8.57. The van der Waals surface area contributed by atoms with Crippen LogP contribution in [0.1, 0.15) is 0 Å². The number of rotatable bonds is 4. The number of halogens is 2. The molecule has 164 valence electrons. The molecular formula is C30H20Cl2N2. The van der Waals surface area contributed by atoms with Gasteiger partial charge in [-0.3, -0.25) is 0 Å². The first kappa shape index (κ1) is 20.9. The second-order valence-corrected chi connectivity index (χ2v) is 9.14. The highest BCUT2D eigenvalue weighted by atomic mass is 35.5. The lowest BCUT2D eigenvalue weighted by atomic mass is 10.0. The van der Waals surface area contributed by atoms with Gasteiger partial charge in [0.1, 0.15) is 0 Å². The molecule has 0 saturated heterocycles. The molecule has 0 atom stereocenters. The number of nitrogens with one attached hydrogen (secondary N) is 1. The van der Waals surface area contributed by atoms with Gasteiger partial charge in [-0.25, -0.2) is 0 Å². The van der Waals surface area contributed by atoms with Gasteiger partial charge in [-0.05, 0) is 83.9 Å². The number of fused-ring (bicyclic) bond motifs is 3. The number of anilines is 3. The average molecular weight is 479 g/mol. The number of aromatic nitrogens is 1. The average Bonchev–Trinajstić information content (AvgIpc) is 3.25. The first-order valence-corrected chi connectivity index (χ1v) is 11.8. The van der Waals surface area contributed by atoms with Crippen LogP contribution in [0.3, 0.4) is 0 Å². The SMILES string of the molecule is Clc1ccc(N(c2ccc(Cl)cc2)c2ccc(-c3ccc4c(c3)[nH]c3ccccc34)cc2)cc1. The summed E-state index contributed by atoms with van der Waals surface area (Å²) in [6.45, 7) is 0. The Morgan fingerprint density at radius 1 is 0.471 bits per heavy atom. The topological polar surface area (TPSA) is 19.0 Å². The van der Waals surface area contributed by atoms with Gasteiger partial charge in [0.05, 0.1) is 0 Å². The molecule has 0 aliphatic heterocycles. The molecule has 0 fully saturated rings. The summed E-state index contributed by atoms with van der Waals surface area (Å²) in [5.41, 5.74) is 7.75. The Bertz CT molecular complexity index is 1550. The van der Waals surface area contributed by atoms with Crippen molar-refractivity contribution in [2.24, 2.45) is 0 Å². The number of aromatic amines is 1. The van der Waals surface area contributed by atoms with Crippen LogP contribution in [0.15, 0.2) is 115 Å². The van der Waals surface area contributed by atoms with Crippen LogP contribution >= 0.6 is 23.2 Å². The molecule has 0 unspecified atom stereocenters. The zero-order chi connectivity index (χ0) is 23.1. The van der Waals surface area contributed by atoms with E-state index < -0.39 is 0 Å². The van der Waals surface area contributed by atoms with Gasteiger partial charge in [-0.1, -0.05) is 65.7 Å². The maximum absolute atomic E-state index is 6.15. The first-order valence-electron chi connectivity index (χ1n) is 11.1. The van der Waals surface area contributed by atoms with Gasteiger partial charge in [0, 0.05) is 48.9 Å². The van der Waals surface area contributed by atoms with E-state index in [-0.39, 0.29) is 0 Å². The van der Waals surface area contributed by atoms with Crippen LogP contribution in [0.2, 0.25) is 10.0 Å². The van der Waals surface area contributed by atoms with Crippen molar-refractivity contribution in [2.45, 2.75) is 0 Å². The summed E-state index contributed by atoms with van der Waals surface area (Å²) in [6, 6.07) is 39.4. The summed E-state index contributed by atoms with van der Waals surface area (Å²) < 4.78 is 0. The van der Waals surface area contributed by atoms with Crippen LogP contribution < -0.4 is 4.90 Å². The Balaban J connectivity index is 1.39. The largest absolute Gasteiger partial charge is 0.354 e. The summed E-state index contributed by atoms with van der Waals surface area (Å²) in [7, 11) is 0. The maximum atomic E-state index is 6.15. The van der Waals surface area contributed by atoms with Gasteiger partial charge in [-0.15, -0.1) is 0 Å². The number of hydrogen-bond donors (Lipinski definition) is 1. The molecule has 0 spiro atoms. The highest BCUT2D eigenvalue weighted by molar-refractivity contribution is 6.31. The van der Waals surface area contributed by atoms with Crippen molar-refractivity contribution in [1.82, 2.24) is 4.98 Å². The predicted molar refractivity (Wildman–Crippen MR) is 146 cm³/mol. The molecule has 2 nitrogen and oxygen atoms in total. The smallest absolute Gasteiger partial charge is 0.0471 e. The molecule has 0 aliphatic carbocycles. The zero-order valence-electron chi connectivity index (χ0n) is 18.2. The minimum Gasteiger partial charge on any atom is -0.354 e. The fraction of sp³-hybridized carbons (Fsp3) is 0. The lowest BCUT2D eigenvalue weighted by Crippen LogP contribution is -2.09. The number of H-pyrrole nitrogens is 1. The van der Waals surface area contributed by atoms with Crippen molar-refractivity contribution in [1.29, 1.82) is 0 Å². The van der Waals surface area contributed by atoms with Crippen LogP contribution in [0, 0.1) is 0 Å². The molecule has 4 heteroatoms. The van der Waals surface area contributed by atoms with E-state index in [9.17, 15) is 0 Å². The van der Waals surface area contributed by atoms with E-state index >= 15 is 0 Å². The Kier molecular flexibility index (Phi) is 5.26. The van der Waals surface area contributed by atoms with Crippen molar-refractivity contribution in [3.63, 3.8) is 0 Å². The van der Waals surface area contributed by atoms with Crippen molar-refractivity contribution in [3.8, 4) is 11.1 Å². The molecule has 0 saturated carbocycles. The molecule has 0 amide bonds. The third-order valence-electron chi connectivity index (χ3n) is 6.13. The minimum absolute atomic E-state index is 0.711. The molecule has 1 heterocycles. The molecular weight excluding hydrogens is 459 g/mol. The molecule has 34 heavy (non-hydrogen) atoms. The summed E-state index contributed by atoms with van der Waals surface area (Å²) in [5.74, 6) is 0. The number of para-hydroxylation sites is 1. The van der Waals surface area contributed by atoms with Crippen molar-refractivity contribution < 1.29 is 0 Å². The van der Waals surface area contributed by atoms with Gasteiger partial charge in [-0.2, -0.15) is 0 Å². The van der Waals surface area contributed by atoms with E-state index in [0.717, 1.165) is 33.7 Å². The van der Waals surface area contributed by atoms with E-state index in [1.165, 1.54) is 16.3 Å². The van der Waals surface area contributed by atoms with Crippen LogP contribution in [0.25, 0.3) is 32.9 Å². The van der Waals surface area contributed by atoms with E-state index in [0.29, 0.717) is 10.0 Å². The van der Waals surface area contributed by atoms with E-state index in [4.69, 9.17) is 23.2 Å². The minimum atomic E-state index is 0.711. The highest BCUT2D eigenvalue weighted by Crippen LogP contribution is 2.37. The molecule has 5 aromatic carbocycles. The van der Waals surface area contributed by atoms with Gasteiger partial charge in [0.25, 0.3) is 0 Å². The summed E-state index contributed by atoms with van der Waals surface area (Å²) in [5, 5.41) is 3.92. The Labute approximate surface area is 208 Å². The molecule has 0 radical (unpaired) electrons. The fourth-order valence-corrected chi connectivity index (χ4v) is 4.72. The molecule has 0 aliphatic rings. The van der Waals surface area contributed by atoms with Crippen LogP contribution in [-0.2, 0) is 0 Å². The van der Waals surface area contributed by atoms with Crippen LogP contribution in [-0.4, -0.2) is 4.98 Å². The molecule has 6 rings (SSSR count). The Morgan fingerprint density at radius 2 is 0.971 bits per heavy atom. The Hall–Kier alpha value is -3.72. The summed E-state index contributed by atoms with van der Waals surface area (Å²) in [6.07, 6.45) is 0. The van der Waals surface area contributed by atoms with Crippen molar-refractivity contribution in [2.75, 3.05) is 4.90 Å². The van der Waals surface area contributed by atoms with Crippen LogP contribution in [0.4, 0.5) is 17.1 Å². The molecule has 0 bridgehead atoms. The number of benzene rings is 5. The molecule has 6 aromatic rings. The standard InChI is InChI=1S/C30H20Cl2N2/c31-22-8-14-25(15-9-22)34(26-16-10-23(32)11-17-26)24-12-5-20(6-13-24)21-7-18-28-27-3-1-2-4-29(27)33-30(28)19-21/h1-19,33H. The van der Waals surface area contributed by atoms with E-state index in [2.05, 4.69) is 76.6 Å². The third-order valence-corrected chi connectivity index (χ3v) is 6.64. The van der Waals surface area contributed by atoms with Gasteiger partial charge in [0.2, 0.25) is 0 Å². The zero-order valence-corrected chi connectivity index (χ0v) is 19.7. The van der Waals surface area contributed by atoms with Crippen molar-refractivity contribution >= 4 is 62.1 Å². The summed E-state index contributed by atoms with van der Waals surface area (Å²) in [4.78, 5) is 5.73. The second-order valence-electron chi connectivity index (χ2n) is 8.27. The number of hydrogen-bond acceptors (Lipinski definition) is 1. The Morgan fingerprint density at radius 3 is 1.59 bits per heavy atom. The van der Waals surface area contributed by atoms with E-state index in [1.807, 2.05) is 48.5 Å². The van der Waals surface area contributed by atoms with Gasteiger partial charge in [0.15, 0.2) is 0 Å². The van der Waals surface area contributed by atoms with Gasteiger partial charge >= 0.3 is 0 Å². The highest BCUT2D eigenvalue weighted by Gasteiger charge is 2.13. The third kappa shape index (κ3) is 3.81. The summed E-state index contributed by atoms with van der Waals surface area (Å²) >= 11 is 12.3. The van der Waals surface area contributed by atoms with Crippen LogP contribution in [0.5, 0.6) is 0 Å². The monoisotopic (exact) mass is 478 g/mol. The first-order chi connectivity index (χ1) is 16.7. The molecule has 1 aromatic heterocycles. The number of nitrogens with zero attached hydrogens (tertiary/aromatic N) is 1. The predicted octanol–water partition coefficient (Wildman–Crippen LogP) is 9.76. The van der Waals surface area contributed by atoms with Crippen molar-refractivity contribution in [3.05, 3.63) is 125 Å². The lowest BCUT2D eigenvalue weighted by Gasteiger charge is -2.25. The normalized spacial score (nSPS) is 11.2. The lowest BCUT2D eigenvalue weighted by molar-refractivity contribution is 1.28.